The number of hydrogen-bond acceptors (Lipinski definition) is 3. The average Bonchev–Trinajstić information content (AvgIpc) is 2.97. The van der Waals surface area contributed by atoms with Gasteiger partial charge in [0.2, 0.25) is 11.9 Å². The molecule has 1 aliphatic heterocycles. The SMILES string of the molecule is C/C(=C/C(=O)N1CCCN(c2nc3ccccc3[nH]2)CC1)c1ccc(F)cc1. The number of anilines is 1. The lowest BCUT2D eigenvalue weighted by atomic mass is 10.1. The van der Waals surface area contributed by atoms with Crippen LogP contribution in [0.25, 0.3) is 16.6 Å². The van der Waals surface area contributed by atoms with Gasteiger partial charge in [0.05, 0.1) is 11.0 Å². The molecule has 6 heteroatoms. The minimum atomic E-state index is -0.277. The van der Waals surface area contributed by atoms with E-state index in [0.29, 0.717) is 13.1 Å². The molecule has 1 aliphatic rings. The van der Waals surface area contributed by atoms with Crippen LogP contribution in [0.1, 0.15) is 18.9 Å². The van der Waals surface area contributed by atoms with E-state index in [-0.39, 0.29) is 11.7 Å². The van der Waals surface area contributed by atoms with Gasteiger partial charge in [-0.1, -0.05) is 24.3 Å². The van der Waals surface area contributed by atoms with Gasteiger partial charge in [-0.3, -0.25) is 4.79 Å². The highest BCUT2D eigenvalue weighted by Crippen LogP contribution is 2.19. The molecule has 1 aromatic heterocycles. The number of imidazole rings is 1. The normalized spacial score (nSPS) is 15.7. The third-order valence-electron chi connectivity index (χ3n) is 5.12. The van der Waals surface area contributed by atoms with Crippen LogP contribution in [0.2, 0.25) is 0 Å². The van der Waals surface area contributed by atoms with E-state index in [1.54, 1.807) is 18.2 Å². The lowest BCUT2D eigenvalue weighted by molar-refractivity contribution is -0.125. The Kier molecular flexibility index (Phi) is 5.10. The van der Waals surface area contributed by atoms with Crippen LogP contribution in [0.5, 0.6) is 0 Å². The number of allylic oxidation sites excluding steroid dienone is 1. The maximum absolute atomic E-state index is 13.1. The Hall–Kier alpha value is -3.15. The molecule has 28 heavy (non-hydrogen) atoms. The van der Waals surface area contributed by atoms with E-state index in [1.165, 1.54) is 12.1 Å². The first kappa shape index (κ1) is 18.2. The molecule has 0 atom stereocenters. The molecule has 0 unspecified atom stereocenters. The number of benzene rings is 2. The monoisotopic (exact) mass is 378 g/mol. The molecule has 4 rings (SSSR count). The fraction of sp³-hybridized carbons (Fsp3) is 0.273. The fourth-order valence-electron chi connectivity index (χ4n) is 3.51. The van der Waals surface area contributed by atoms with Crippen molar-refractivity contribution in [3.05, 3.63) is 66.0 Å². The molecule has 1 N–H and O–H groups in total. The molecule has 3 aromatic rings. The van der Waals surface area contributed by atoms with Crippen molar-refractivity contribution in [2.45, 2.75) is 13.3 Å². The summed E-state index contributed by atoms with van der Waals surface area (Å²) in [6.07, 6.45) is 2.52. The number of nitrogens with one attached hydrogen (secondary N) is 1. The van der Waals surface area contributed by atoms with E-state index in [9.17, 15) is 9.18 Å². The Morgan fingerprint density at radius 1 is 1.07 bits per heavy atom. The van der Waals surface area contributed by atoms with Gasteiger partial charge in [-0.05, 0) is 48.7 Å². The Balaban J connectivity index is 1.43. The van der Waals surface area contributed by atoms with Crippen molar-refractivity contribution in [3.8, 4) is 0 Å². The van der Waals surface area contributed by atoms with Crippen LogP contribution in [-0.4, -0.2) is 47.0 Å². The van der Waals surface area contributed by atoms with E-state index in [2.05, 4.69) is 14.9 Å². The molecule has 0 aliphatic carbocycles. The first-order chi connectivity index (χ1) is 13.6. The molecule has 2 aromatic carbocycles. The Labute approximate surface area is 163 Å². The van der Waals surface area contributed by atoms with Crippen LogP contribution in [0.4, 0.5) is 10.3 Å². The second-order valence-electron chi connectivity index (χ2n) is 7.08. The van der Waals surface area contributed by atoms with Crippen LogP contribution < -0.4 is 4.90 Å². The van der Waals surface area contributed by atoms with Gasteiger partial charge >= 0.3 is 0 Å². The molecule has 0 saturated carbocycles. The molecule has 1 fully saturated rings. The van der Waals surface area contributed by atoms with Gasteiger partial charge in [-0.25, -0.2) is 9.37 Å². The summed E-state index contributed by atoms with van der Waals surface area (Å²) >= 11 is 0. The number of rotatable bonds is 3. The highest BCUT2D eigenvalue weighted by atomic mass is 19.1. The van der Waals surface area contributed by atoms with Crippen molar-refractivity contribution in [1.82, 2.24) is 14.9 Å². The summed E-state index contributed by atoms with van der Waals surface area (Å²) in [4.78, 5) is 24.8. The zero-order chi connectivity index (χ0) is 19.5. The number of aromatic nitrogens is 2. The number of nitrogens with zero attached hydrogens (tertiary/aromatic N) is 3. The number of H-pyrrole nitrogens is 1. The molecular weight excluding hydrogens is 355 g/mol. The summed E-state index contributed by atoms with van der Waals surface area (Å²) in [7, 11) is 0. The van der Waals surface area contributed by atoms with Crippen molar-refractivity contribution >= 4 is 28.5 Å². The zero-order valence-electron chi connectivity index (χ0n) is 15.9. The van der Waals surface area contributed by atoms with Crippen molar-refractivity contribution in [3.63, 3.8) is 0 Å². The van der Waals surface area contributed by atoms with E-state index in [1.807, 2.05) is 36.1 Å². The van der Waals surface area contributed by atoms with Gasteiger partial charge in [-0.15, -0.1) is 0 Å². The number of halogens is 1. The minimum Gasteiger partial charge on any atom is -0.341 e. The van der Waals surface area contributed by atoms with E-state index in [0.717, 1.165) is 47.6 Å². The third-order valence-corrected chi connectivity index (χ3v) is 5.12. The van der Waals surface area contributed by atoms with E-state index < -0.39 is 0 Å². The van der Waals surface area contributed by atoms with Gasteiger partial charge in [0.15, 0.2) is 0 Å². The highest BCUT2D eigenvalue weighted by Gasteiger charge is 2.20. The number of aromatic amines is 1. The molecule has 144 valence electrons. The summed E-state index contributed by atoms with van der Waals surface area (Å²) in [6, 6.07) is 14.2. The predicted octanol–water partition coefficient (Wildman–Crippen LogP) is 3.84. The van der Waals surface area contributed by atoms with Gasteiger partial charge in [0.1, 0.15) is 5.82 Å². The summed E-state index contributed by atoms with van der Waals surface area (Å²) in [6.45, 7) is 4.81. The van der Waals surface area contributed by atoms with Crippen LogP contribution in [0, 0.1) is 5.82 Å². The van der Waals surface area contributed by atoms with Gasteiger partial charge in [-0.2, -0.15) is 0 Å². The van der Waals surface area contributed by atoms with Gasteiger partial charge in [0.25, 0.3) is 0 Å². The summed E-state index contributed by atoms with van der Waals surface area (Å²) in [5, 5.41) is 0. The van der Waals surface area contributed by atoms with E-state index >= 15 is 0 Å². The Bertz CT molecular complexity index is 976. The number of amides is 1. The van der Waals surface area contributed by atoms with Crippen LogP contribution in [0.3, 0.4) is 0 Å². The standard InChI is InChI=1S/C22H23FN4O/c1-16(17-7-9-18(23)10-8-17)15-21(28)26-11-4-12-27(14-13-26)22-24-19-5-2-3-6-20(19)25-22/h2-3,5-10,15H,4,11-14H2,1H3,(H,24,25)/b16-15-. The second kappa shape index (κ2) is 7.84. The van der Waals surface area contributed by atoms with Crippen LogP contribution >= 0.6 is 0 Å². The summed E-state index contributed by atoms with van der Waals surface area (Å²) < 4.78 is 13.1. The number of carbonyl (C=O) groups excluding carboxylic acids is 1. The molecule has 5 nitrogen and oxygen atoms in total. The quantitative estimate of drug-likeness (QED) is 0.705. The maximum Gasteiger partial charge on any atom is 0.246 e. The van der Waals surface area contributed by atoms with Gasteiger partial charge in [0, 0.05) is 32.3 Å². The predicted molar refractivity (Wildman–Crippen MR) is 110 cm³/mol. The molecule has 2 heterocycles. The Morgan fingerprint density at radius 2 is 1.86 bits per heavy atom. The lowest BCUT2D eigenvalue weighted by Gasteiger charge is -2.21. The molecule has 1 saturated heterocycles. The number of fused-ring (bicyclic) bond motifs is 1. The smallest absolute Gasteiger partial charge is 0.246 e. The van der Waals surface area contributed by atoms with Crippen LogP contribution in [-0.2, 0) is 4.79 Å². The minimum absolute atomic E-state index is 0.00622. The molecule has 0 bridgehead atoms. The summed E-state index contributed by atoms with van der Waals surface area (Å²) in [5.74, 6) is 0.572. The zero-order valence-corrected chi connectivity index (χ0v) is 15.9. The van der Waals surface area contributed by atoms with Crippen molar-refractivity contribution < 1.29 is 9.18 Å². The largest absolute Gasteiger partial charge is 0.341 e. The molecule has 0 spiro atoms. The lowest BCUT2D eigenvalue weighted by Crippen LogP contribution is -2.34. The molecular formula is C22H23FN4O. The van der Waals surface area contributed by atoms with E-state index in [4.69, 9.17) is 0 Å². The summed E-state index contributed by atoms with van der Waals surface area (Å²) in [5.41, 5.74) is 3.66. The average molecular weight is 378 g/mol. The van der Waals surface area contributed by atoms with Crippen LogP contribution in [0.15, 0.2) is 54.6 Å². The first-order valence-electron chi connectivity index (χ1n) is 9.53. The molecule has 0 radical (unpaired) electrons. The van der Waals surface area contributed by atoms with Gasteiger partial charge < -0.3 is 14.8 Å². The van der Waals surface area contributed by atoms with Crippen molar-refractivity contribution in [2.24, 2.45) is 0 Å². The Morgan fingerprint density at radius 3 is 2.64 bits per heavy atom. The van der Waals surface area contributed by atoms with Crippen molar-refractivity contribution in [2.75, 3.05) is 31.1 Å². The number of hydrogen-bond donors (Lipinski definition) is 1. The number of carbonyl (C=O) groups is 1. The van der Waals surface area contributed by atoms with Crippen molar-refractivity contribution in [1.29, 1.82) is 0 Å². The fourth-order valence-corrected chi connectivity index (χ4v) is 3.51. The third kappa shape index (κ3) is 3.91. The molecule has 1 amide bonds. The maximum atomic E-state index is 13.1. The second-order valence-corrected chi connectivity index (χ2v) is 7.08. The topological polar surface area (TPSA) is 52.2 Å². The highest BCUT2D eigenvalue weighted by molar-refractivity contribution is 5.95. The first-order valence-corrected chi connectivity index (χ1v) is 9.53. The number of para-hydroxylation sites is 2.